The monoisotopic (exact) mass is 198 g/mol. The summed E-state index contributed by atoms with van der Waals surface area (Å²) in [5, 5.41) is 9.56. The van der Waals surface area contributed by atoms with Gasteiger partial charge in [0.2, 0.25) is 0 Å². The number of aliphatic hydroxyl groups is 1. The highest BCUT2D eigenvalue weighted by Crippen LogP contribution is 2.37. The summed E-state index contributed by atoms with van der Waals surface area (Å²) in [5.74, 6) is 1.21. The minimum Gasteiger partial charge on any atom is -0.493 e. The molecular weight excluding hydrogens is 188 g/mol. The van der Waals surface area contributed by atoms with E-state index in [-0.39, 0.29) is 6.61 Å². The molecule has 1 heterocycles. The van der Waals surface area contributed by atoms with Crippen molar-refractivity contribution in [3.63, 3.8) is 0 Å². The van der Waals surface area contributed by atoms with Gasteiger partial charge in [-0.1, -0.05) is 11.6 Å². The average molecular weight is 199 g/mol. The quantitative estimate of drug-likeness (QED) is 0.790. The van der Waals surface area contributed by atoms with E-state index in [4.69, 9.17) is 21.4 Å². The number of fused-ring (bicyclic) bond motifs is 1. The first-order valence-electron chi connectivity index (χ1n) is 4.34. The van der Waals surface area contributed by atoms with Gasteiger partial charge in [-0.3, -0.25) is 0 Å². The van der Waals surface area contributed by atoms with E-state index >= 15 is 0 Å². The molecule has 13 heavy (non-hydrogen) atoms. The van der Waals surface area contributed by atoms with E-state index in [0.29, 0.717) is 12.5 Å². The van der Waals surface area contributed by atoms with Gasteiger partial charge >= 0.3 is 0 Å². The number of hydrogen-bond donors (Lipinski definition) is 1. The minimum absolute atomic E-state index is 0.194. The van der Waals surface area contributed by atoms with Crippen LogP contribution in [0.5, 0.6) is 5.75 Å². The molecular formula is C10H11ClO2. The van der Waals surface area contributed by atoms with Crippen molar-refractivity contribution < 1.29 is 9.84 Å². The van der Waals surface area contributed by atoms with E-state index in [1.165, 1.54) is 0 Å². The lowest BCUT2D eigenvalue weighted by atomic mass is 9.98. The zero-order valence-corrected chi connectivity index (χ0v) is 7.92. The molecule has 2 rings (SSSR count). The van der Waals surface area contributed by atoms with Crippen LogP contribution in [0.15, 0.2) is 18.2 Å². The molecule has 0 saturated carbocycles. The second kappa shape index (κ2) is 3.56. The summed E-state index contributed by atoms with van der Waals surface area (Å²) >= 11 is 5.87. The SMILES string of the molecule is OCCC1COc2ccc(Cl)cc21. The fourth-order valence-corrected chi connectivity index (χ4v) is 1.83. The summed E-state index contributed by atoms with van der Waals surface area (Å²) in [5.41, 5.74) is 1.13. The van der Waals surface area contributed by atoms with E-state index in [2.05, 4.69) is 0 Å². The summed E-state index contributed by atoms with van der Waals surface area (Å²) in [6.07, 6.45) is 0.743. The van der Waals surface area contributed by atoms with E-state index in [1.54, 1.807) is 0 Å². The van der Waals surface area contributed by atoms with Gasteiger partial charge in [-0.2, -0.15) is 0 Å². The standard InChI is InChI=1S/C10H11ClO2/c11-8-1-2-10-9(5-8)7(3-4-12)6-13-10/h1-2,5,7,12H,3-4,6H2. The highest BCUT2D eigenvalue weighted by Gasteiger charge is 2.23. The van der Waals surface area contributed by atoms with Gasteiger partial charge in [0, 0.05) is 23.1 Å². The molecule has 70 valence electrons. The average Bonchev–Trinajstić information content (AvgIpc) is 2.49. The van der Waals surface area contributed by atoms with Crippen molar-refractivity contribution in [3.8, 4) is 5.75 Å². The summed E-state index contributed by atoms with van der Waals surface area (Å²) in [6, 6.07) is 5.63. The molecule has 0 amide bonds. The van der Waals surface area contributed by atoms with Gasteiger partial charge in [-0.25, -0.2) is 0 Å². The zero-order valence-electron chi connectivity index (χ0n) is 7.16. The number of benzene rings is 1. The molecule has 0 fully saturated rings. The van der Waals surface area contributed by atoms with Crippen LogP contribution in [0.25, 0.3) is 0 Å². The molecule has 2 nitrogen and oxygen atoms in total. The van der Waals surface area contributed by atoms with Crippen molar-refractivity contribution >= 4 is 11.6 Å². The number of rotatable bonds is 2. The molecule has 1 atom stereocenters. The van der Waals surface area contributed by atoms with E-state index < -0.39 is 0 Å². The normalized spacial score (nSPS) is 19.7. The number of ether oxygens (including phenoxy) is 1. The van der Waals surface area contributed by atoms with Crippen molar-refractivity contribution in [2.75, 3.05) is 13.2 Å². The Bertz CT molecular complexity index is 310. The summed E-state index contributed by atoms with van der Waals surface area (Å²) in [7, 11) is 0. The third kappa shape index (κ3) is 1.64. The minimum atomic E-state index is 0.194. The first-order valence-corrected chi connectivity index (χ1v) is 4.72. The lowest BCUT2D eigenvalue weighted by Gasteiger charge is -2.05. The number of aliphatic hydroxyl groups excluding tert-OH is 1. The molecule has 0 aliphatic carbocycles. The van der Waals surface area contributed by atoms with Crippen molar-refractivity contribution in [2.45, 2.75) is 12.3 Å². The van der Waals surface area contributed by atoms with Crippen LogP contribution in [0, 0.1) is 0 Å². The Morgan fingerprint density at radius 3 is 3.15 bits per heavy atom. The molecule has 1 aliphatic heterocycles. The lowest BCUT2D eigenvalue weighted by molar-refractivity contribution is 0.254. The molecule has 3 heteroatoms. The van der Waals surface area contributed by atoms with Gasteiger partial charge < -0.3 is 9.84 Å². The Labute approximate surface area is 82.1 Å². The third-order valence-electron chi connectivity index (χ3n) is 2.33. The van der Waals surface area contributed by atoms with Crippen LogP contribution >= 0.6 is 11.6 Å². The predicted molar refractivity (Wildman–Crippen MR) is 51.4 cm³/mol. The van der Waals surface area contributed by atoms with Crippen LogP contribution in [0.2, 0.25) is 5.02 Å². The smallest absolute Gasteiger partial charge is 0.123 e. The molecule has 1 aromatic rings. The van der Waals surface area contributed by atoms with Crippen molar-refractivity contribution in [3.05, 3.63) is 28.8 Å². The summed E-state index contributed by atoms with van der Waals surface area (Å²) in [4.78, 5) is 0. The second-order valence-electron chi connectivity index (χ2n) is 3.20. The Balaban J connectivity index is 2.29. The highest BCUT2D eigenvalue weighted by molar-refractivity contribution is 6.30. The first-order chi connectivity index (χ1) is 6.31. The first kappa shape index (κ1) is 8.85. The number of halogens is 1. The van der Waals surface area contributed by atoms with Gasteiger partial charge in [0.05, 0.1) is 6.61 Å². The van der Waals surface area contributed by atoms with Gasteiger partial charge in [-0.05, 0) is 24.6 Å². The third-order valence-corrected chi connectivity index (χ3v) is 2.56. The van der Waals surface area contributed by atoms with Crippen molar-refractivity contribution in [1.82, 2.24) is 0 Å². The number of hydrogen-bond acceptors (Lipinski definition) is 2. The van der Waals surface area contributed by atoms with E-state index in [9.17, 15) is 0 Å². The van der Waals surface area contributed by atoms with Crippen LogP contribution in [-0.2, 0) is 0 Å². The predicted octanol–water partition coefficient (Wildman–Crippen LogP) is 2.20. The maximum atomic E-state index is 8.83. The van der Waals surface area contributed by atoms with Crippen LogP contribution in [0.4, 0.5) is 0 Å². The van der Waals surface area contributed by atoms with E-state index in [0.717, 1.165) is 22.8 Å². The summed E-state index contributed by atoms with van der Waals surface area (Å²) < 4.78 is 5.45. The molecule has 0 saturated heterocycles. The van der Waals surface area contributed by atoms with E-state index in [1.807, 2.05) is 18.2 Å². The molecule has 0 bridgehead atoms. The largest absolute Gasteiger partial charge is 0.493 e. The molecule has 1 unspecified atom stereocenters. The van der Waals surface area contributed by atoms with Crippen LogP contribution in [0.3, 0.4) is 0 Å². The fourth-order valence-electron chi connectivity index (χ4n) is 1.64. The lowest BCUT2D eigenvalue weighted by Crippen LogP contribution is -2.02. The maximum Gasteiger partial charge on any atom is 0.123 e. The molecule has 0 radical (unpaired) electrons. The van der Waals surface area contributed by atoms with Crippen LogP contribution < -0.4 is 4.74 Å². The topological polar surface area (TPSA) is 29.5 Å². The van der Waals surface area contributed by atoms with Crippen LogP contribution in [-0.4, -0.2) is 18.3 Å². The molecule has 1 aliphatic rings. The molecule has 1 aromatic carbocycles. The van der Waals surface area contributed by atoms with Gasteiger partial charge in [0.1, 0.15) is 5.75 Å². The maximum absolute atomic E-state index is 8.83. The van der Waals surface area contributed by atoms with Gasteiger partial charge in [0.25, 0.3) is 0 Å². The van der Waals surface area contributed by atoms with Crippen molar-refractivity contribution in [1.29, 1.82) is 0 Å². The highest BCUT2D eigenvalue weighted by atomic mass is 35.5. The van der Waals surface area contributed by atoms with Gasteiger partial charge in [-0.15, -0.1) is 0 Å². The Morgan fingerprint density at radius 1 is 1.54 bits per heavy atom. The molecule has 0 aromatic heterocycles. The van der Waals surface area contributed by atoms with Gasteiger partial charge in [0.15, 0.2) is 0 Å². The second-order valence-corrected chi connectivity index (χ2v) is 3.64. The molecule has 0 spiro atoms. The zero-order chi connectivity index (χ0) is 9.26. The summed E-state index contributed by atoms with van der Waals surface area (Å²) in [6.45, 7) is 0.857. The Hall–Kier alpha value is -0.730. The fraction of sp³-hybridized carbons (Fsp3) is 0.400. The Kier molecular flexibility index (Phi) is 2.42. The van der Waals surface area contributed by atoms with Crippen LogP contribution in [0.1, 0.15) is 17.9 Å². The van der Waals surface area contributed by atoms with Crippen molar-refractivity contribution in [2.24, 2.45) is 0 Å². The Morgan fingerprint density at radius 2 is 2.38 bits per heavy atom. The molecule has 1 N–H and O–H groups in total.